The van der Waals surface area contributed by atoms with Crippen LogP contribution < -0.4 is 5.32 Å². The van der Waals surface area contributed by atoms with E-state index in [0.29, 0.717) is 13.0 Å². The third-order valence-electron chi connectivity index (χ3n) is 9.24. The number of hydrogen-bond donors (Lipinski definition) is 3. The van der Waals surface area contributed by atoms with Crippen LogP contribution in [0.3, 0.4) is 0 Å². The lowest BCUT2D eigenvalue weighted by atomic mass is 9.93. The first-order chi connectivity index (χ1) is 20.9. The Morgan fingerprint density at radius 2 is 0.953 bits per heavy atom. The van der Waals surface area contributed by atoms with E-state index in [1.807, 2.05) is 6.92 Å². The molecule has 0 aromatic heterocycles. The van der Waals surface area contributed by atoms with Crippen LogP contribution >= 0.6 is 12.6 Å². The molecule has 0 aliphatic carbocycles. The second-order valence-electron chi connectivity index (χ2n) is 13.5. The molecule has 0 heterocycles. The van der Waals surface area contributed by atoms with Crippen molar-refractivity contribution in [2.24, 2.45) is 0 Å². The predicted octanol–water partition coefficient (Wildman–Crippen LogP) is 12.4. The summed E-state index contributed by atoms with van der Waals surface area (Å²) in [5.41, 5.74) is -1.77. The molecule has 0 saturated carbocycles. The van der Waals surface area contributed by atoms with Crippen LogP contribution in [-0.4, -0.2) is 34.7 Å². The molecule has 258 valence electrons. The first-order valence-electron chi connectivity index (χ1n) is 19.3. The maximum Gasteiger partial charge on any atom is 0.327 e. The van der Waals surface area contributed by atoms with Crippen molar-refractivity contribution in [3.8, 4) is 0 Å². The van der Waals surface area contributed by atoms with Crippen LogP contribution in [0.2, 0.25) is 0 Å². The average Bonchev–Trinajstić information content (AvgIpc) is 2.98. The van der Waals surface area contributed by atoms with Gasteiger partial charge in [0.25, 0.3) is 0 Å². The van der Waals surface area contributed by atoms with E-state index in [1.54, 1.807) is 0 Å². The minimum absolute atomic E-state index is 0.0176. The first kappa shape index (κ1) is 42.7. The second-order valence-corrected chi connectivity index (χ2v) is 14.0. The Hall–Kier alpha value is -0.260. The van der Waals surface area contributed by atoms with Gasteiger partial charge in [0.2, 0.25) is 0 Å². The monoisotopic (exact) mass is 628 g/mol. The molecule has 0 spiro atoms. The van der Waals surface area contributed by atoms with Crippen LogP contribution in [0.15, 0.2) is 0 Å². The van der Waals surface area contributed by atoms with Crippen molar-refractivity contribution < 1.29 is 14.6 Å². The number of carboxylic acid groups (broad SMARTS) is 1. The molecule has 0 rings (SSSR count). The third kappa shape index (κ3) is 24.6. The molecule has 0 aromatic rings. The summed E-state index contributed by atoms with van der Waals surface area (Å²) >= 11 is 4.72. The van der Waals surface area contributed by atoms with Gasteiger partial charge in [0.1, 0.15) is 5.44 Å². The topological polar surface area (TPSA) is 58.6 Å². The molecule has 0 aliphatic rings. The van der Waals surface area contributed by atoms with Crippen molar-refractivity contribution in [3.05, 3.63) is 0 Å². The van der Waals surface area contributed by atoms with Crippen molar-refractivity contribution >= 4 is 18.6 Å². The fourth-order valence-corrected chi connectivity index (χ4v) is 6.83. The lowest BCUT2D eigenvalue weighted by Gasteiger charge is -2.36. The highest BCUT2D eigenvalue weighted by Crippen LogP contribution is 2.27. The first-order valence-corrected chi connectivity index (χ1v) is 19.8. The Morgan fingerprint density at radius 3 is 1.30 bits per heavy atom. The van der Waals surface area contributed by atoms with Gasteiger partial charge in [-0.25, -0.2) is 0 Å². The Labute approximate surface area is 275 Å². The maximum absolute atomic E-state index is 12.5. The van der Waals surface area contributed by atoms with Crippen molar-refractivity contribution in [2.45, 2.75) is 231 Å². The van der Waals surface area contributed by atoms with Crippen molar-refractivity contribution in [2.75, 3.05) is 6.54 Å². The van der Waals surface area contributed by atoms with Gasteiger partial charge in [0.15, 0.2) is 5.54 Å². The van der Waals surface area contributed by atoms with Gasteiger partial charge >= 0.3 is 5.97 Å². The molecule has 4 nitrogen and oxygen atoms in total. The highest BCUT2D eigenvalue weighted by molar-refractivity contribution is 7.80. The lowest BCUT2D eigenvalue weighted by Crippen LogP contribution is -2.60. The normalized spacial score (nSPS) is 14.5. The summed E-state index contributed by atoms with van der Waals surface area (Å²) in [4.78, 5) is 12.5. The van der Waals surface area contributed by atoms with Gasteiger partial charge in [-0.3, -0.25) is 10.1 Å². The van der Waals surface area contributed by atoms with Gasteiger partial charge in [0.05, 0.1) is 6.10 Å². The zero-order valence-electron chi connectivity index (χ0n) is 29.6. The number of carboxylic acids is 1. The van der Waals surface area contributed by atoms with Crippen LogP contribution in [0.5, 0.6) is 0 Å². The van der Waals surface area contributed by atoms with Gasteiger partial charge in [0, 0.05) is 0 Å². The summed E-state index contributed by atoms with van der Waals surface area (Å²) in [6, 6.07) is 0. The predicted molar refractivity (Wildman–Crippen MR) is 193 cm³/mol. The maximum atomic E-state index is 12.5. The van der Waals surface area contributed by atoms with Gasteiger partial charge in [-0.1, -0.05) is 188 Å². The van der Waals surface area contributed by atoms with Gasteiger partial charge in [-0.05, 0) is 32.7 Å². The molecular weight excluding hydrogens is 550 g/mol. The third-order valence-corrected chi connectivity index (χ3v) is 9.81. The summed E-state index contributed by atoms with van der Waals surface area (Å²) in [6.07, 6.45) is 36.9. The van der Waals surface area contributed by atoms with E-state index in [2.05, 4.69) is 26.1 Å². The standard InChI is InChI=1S/C38H77NO3S/c1-5-8-10-12-14-16-18-20-21-23-25-27-29-31-34-39-38(33-7-3,36(40)41)37(43)42-35(4)32-30-28-26-24-22-19-17-15-13-11-9-6-2/h35,37,39,43H,5-34H2,1-4H3,(H,40,41)/t35-,37+,38?/m1/s1. The minimum atomic E-state index is -1.13. The van der Waals surface area contributed by atoms with Gasteiger partial charge in [-0.2, -0.15) is 0 Å². The number of aliphatic carboxylic acids is 1. The van der Waals surface area contributed by atoms with Crippen LogP contribution in [-0.2, 0) is 9.53 Å². The molecule has 0 radical (unpaired) electrons. The number of carbonyl (C=O) groups is 1. The number of rotatable bonds is 35. The summed E-state index contributed by atoms with van der Waals surface area (Å²) in [6.45, 7) is 9.38. The van der Waals surface area contributed by atoms with Crippen LogP contribution in [0.1, 0.15) is 214 Å². The summed E-state index contributed by atoms with van der Waals surface area (Å²) in [5, 5.41) is 13.6. The molecule has 43 heavy (non-hydrogen) atoms. The fourth-order valence-electron chi connectivity index (χ4n) is 6.29. The Balaban J connectivity index is 4.07. The second kappa shape index (κ2) is 31.7. The lowest BCUT2D eigenvalue weighted by molar-refractivity contribution is -0.151. The van der Waals surface area contributed by atoms with Crippen LogP contribution in [0.25, 0.3) is 0 Å². The van der Waals surface area contributed by atoms with Gasteiger partial charge in [-0.15, -0.1) is 12.6 Å². The molecule has 0 saturated heterocycles. The van der Waals surface area contributed by atoms with Crippen molar-refractivity contribution in [1.82, 2.24) is 5.32 Å². The molecule has 5 heteroatoms. The Kier molecular flexibility index (Phi) is 31.5. The molecule has 0 aromatic carbocycles. The Morgan fingerprint density at radius 1 is 0.605 bits per heavy atom. The SMILES string of the molecule is CCCCCCCCCCCCCCCCNC(CCC)(C(=O)O)[C@H](S)O[C@H](C)CCCCCCCCCCCCCC. The molecule has 2 N–H and O–H groups in total. The molecule has 0 bridgehead atoms. The van der Waals surface area contributed by atoms with Gasteiger partial charge < -0.3 is 9.84 Å². The van der Waals surface area contributed by atoms with E-state index in [1.165, 1.54) is 148 Å². The van der Waals surface area contributed by atoms with E-state index in [0.717, 1.165) is 32.1 Å². The highest BCUT2D eigenvalue weighted by Gasteiger charge is 2.44. The molecule has 3 atom stereocenters. The number of unbranched alkanes of at least 4 members (excludes halogenated alkanes) is 24. The summed E-state index contributed by atoms with van der Waals surface area (Å²) in [7, 11) is 0. The quantitative estimate of drug-likeness (QED) is 0.0372. The van der Waals surface area contributed by atoms with E-state index < -0.39 is 16.9 Å². The van der Waals surface area contributed by atoms with Crippen molar-refractivity contribution in [3.63, 3.8) is 0 Å². The fraction of sp³-hybridized carbons (Fsp3) is 0.974. The molecule has 0 amide bonds. The summed E-state index contributed by atoms with van der Waals surface area (Å²) in [5.74, 6) is -0.836. The zero-order valence-corrected chi connectivity index (χ0v) is 30.5. The summed E-state index contributed by atoms with van der Waals surface area (Å²) < 4.78 is 6.23. The number of ether oxygens (including phenoxy) is 1. The average molecular weight is 628 g/mol. The molecule has 0 aliphatic heterocycles. The number of thiol groups is 1. The van der Waals surface area contributed by atoms with E-state index in [9.17, 15) is 9.90 Å². The zero-order chi connectivity index (χ0) is 31.9. The Bertz CT molecular complexity index is 590. The van der Waals surface area contributed by atoms with E-state index >= 15 is 0 Å². The van der Waals surface area contributed by atoms with E-state index in [-0.39, 0.29) is 6.10 Å². The van der Waals surface area contributed by atoms with Crippen molar-refractivity contribution in [1.29, 1.82) is 0 Å². The van der Waals surface area contributed by atoms with Crippen LogP contribution in [0.4, 0.5) is 0 Å². The van der Waals surface area contributed by atoms with Crippen LogP contribution in [0, 0.1) is 0 Å². The minimum Gasteiger partial charge on any atom is -0.480 e. The van der Waals surface area contributed by atoms with E-state index in [4.69, 9.17) is 17.4 Å². The smallest absolute Gasteiger partial charge is 0.327 e. The number of hydrogen-bond acceptors (Lipinski definition) is 4. The molecule has 1 unspecified atom stereocenters. The molecule has 0 fully saturated rings. The molecular formula is C38H77NO3S. The largest absolute Gasteiger partial charge is 0.480 e. The number of nitrogens with one attached hydrogen (secondary N) is 1. The highest BCUT2D eigenvalue weighted by atomic mass is 32.1.